The van der Waals surface area contributed by atoms with E-state index in [2.05, 4.69) is 0 Å². The summed E-state index contributed by atoms with van der Waals surface area (Å²) >= 11 is 0. The second kappa shape index (κ2) is 6.17. The molecule has 134 valence electrons. The largest absolute Gasteiger partial charge is 0.243 e. The molecule has 0 aromatic heterocycles. The van der Waals surface area contributed by atoms with Crippen LogP contribution >= 0.6 is 0 Å². The van der Waals surface area contributed by atoms with Crippen molar-refractivity contribution < 1.29 is 21.2 Å². The predicted molar refractivity (Wildman–Crippen MR) is 90.3 cm³/mol. The molecular formula is C16H17FN2O4S2. The molecule has 0 bridgehead atoms. The van der Waals surface area contributed by atoms with Crippen LogP contribution in [0.5, 0.6) is 0 Å². The molecule has 0 atom stereocenters. The van der Waals surface area contributed by atoms with Gasteiger partial charge in [0.1, 0.15) is 5.82 Å². The van der Waals surface area contributed by atoms with Crippen molar-refractivity contribution >= 4 is 20.0 Å². The molecule has 0 saturated carbocycles. The first-order valence-electron chi connectivity index (χ1n) is 7.50. The van der Waals surface area contributed by atoms with Crippen LogP contribution in [0.1, 0.15) is 16.7 Å². The van der Waals surface area contributed by atoms with Gasteiger partial charge in [0.15, 0.2) is 0 Å². The minimum atomic E-state index is -3.86. The fraction of sp³-hybridized carbons (Fsp3) is 0.250. The lowest BCUT2D eigenvalue weighted by Crippen LogP contribution is -2.36. The maximum Gasteiger partial charge on any atom is 0.243 e. The van der Waals surface area contributed by atoms with Gasteiger partial charge in [-0.2, -0.15) is 4.31 Å². The van der Waals surface area contributed by atoms with Gasteiger partial charge in [0.2, 0.25) is 20.0 Å². The molecule has 0 spiro atoms. The van der Waals surface area contributed by atoms with Crippen molar-refractivity contribution in [3.05, 3.63) is 58.9 Å². The molecule has 0 amide bonds. The van der Waals surface area contributed by atoms with Crippen molar-refractivity contribution in [3.8, 4) is 0 Å². The number of nitrogens with zero attached hydrogens (tertiary/aromatic N) is 1. The van der Waals surface area contributed by atoms with Crippen molar-refractivity contribution in [2.45, 2.75) is 29.7 Å². The van der Waals surface area contributed by atoms with E-state index in [1.807, 2.05) is 0 Å². The van der Waals surface area contributed by atoms with E-state index in [-0.39, 0.29) is 22.9 Å². The molecule has 6 nitrogen and oxygen atoms in total. The quantitative estimate of drug-likeness (QED) is 0.868. The summed E-state index contributed by atoms with van der Waals surface area (Å²) in [4.78, 5) is -0.0107. The lowest BCUT2D eigenvalue weighted by molar-refractivity contribution is 0.390. The standard InChI is InChI=1S/C16H17FN2O4S2/c1-11-8-14(17)3-5-16(11)25(22,23)19-7-6-12-2-4-15(24(18,20)21)9-13(12)10-19/h2-5,8-9H,6-7,10H2,1H3,(H2,18,20,21). The molecule has 1 aliphatic heterocycles. The first kappa shape index (κ1) is 18.0. The average molecular weight is 384 g/mol. The van der Waals surface area contributed by atoms with Crippen LogP contribution in [0.15, 0.2) is 46.2 Å². The lowest BCUT2D eigenvalue weighted by atomic mass is 10.0. The number of primary sulfonamides is 1. The highest BCUT2D eigenvalue weighted by atomic mass is 32.2. The summed E-state index contributed by atoms with van der Waals surface area (Å²) in [6, 6.07) is 8.01. The van der Waals surface area contributed by atoms with Crippen molar-refractivity contribution in [2.24, 2.45) is 5.14 Å². The Hall–Kier alpha value is -1.81. The second-order valence-electron chi connectivity index (χ2n) is 5.97. The van der Waals surface area contributed by atoms with Gasteiger partial charge in [-0.1, -0.05) is 6.07 Å². The third-order valence-corrected chi connectivity index (χ3v) is 7.15. The Morgan fingerprint density at radius 3 is 2.40 bits per heavy atom. The molecule has 0 aliphatic carbocycles. The van der Waals surface area contributed by atoms with Crippen LogP contribution in [0, 0.1) is 12.7 Å². The van der Waals surface area contributed by atoms with E-state index in [0.717, 1.165) is 11.6 Å². The van der Waals surface area contributed by atoms with Gasteiger partial charge in [0, 0.05) is 13.1 Å². The number of hydrogen-bond donors (Lipinski definition) is 1. The predicted octanol–water partition coefficient (Wildman–Crippen LogP) is 1.53. The Kier molecular flexibility index (Phi) is 4.44. The summed E-state index contributed by atoms with van der Waals surface area (Å²) in [6.07, 6.45) is 0.458. The highest BCUT2D eigenvalue weighted by Gasteiger charge is 2.30. The molecule has 1 heterocycles. The van der Waals surface area contributed by atoms with Crippen LogP contribution in [0.3, 0.4) is 0 Å². The van der Waals surface area contributed by atoms with Gasteiger partial charge in [-0.05, 0) is 60.4 Å². The highest BCUT2D eigenvalue weighted by molar-refractivity contribution is 7.89. The molecule has 0 fully saturated rings. The summed E-state index contributed by atoms with van der Waals surface area (Å²) in [5.74, 6) is -0.502. The Morgan fingerprint density at radius 2 is 1.76 bits per heavy atom. The number of rotatable bonds is 3. The zero-order valence-electron chi connectivity index (χ0n) is 13.4. The molecule has 2 N–H and O–H groups in total. The first-order chi connectivity index (χ1) is 11.6. The minimum Gasteiger partial charge on any atom is -0.225 e. The number of benzene rings is 2. The van der Waals surface area contributed by atoms with Crippen LogP contribution in [-0.2, 0) is 33.0 Å². The highest BCUT2D eigenvalue weighted by Crippen LogP contribution is 2.28. The molecule has 0 saturated heterocycles. The van der Waals surface area contributed by atoms with Crippen molar-refractivity contribution in [2.75, 3.05) is 6.54 Å². The zero-order chi connectivity index (χ0) is 18.4. The smallest absolute Gasteiger partial charge is 0.225 e. The molecule has 2 aromatic rings. The zero-order valence-corrected chi connectivity index (χ0v) is 15.1. The summed E-state index contributed by atoms with van der Waals surface area (Å²) in [7, 11) is -7.68. The second-order valence-corrected chi connectivity index (χ2v) is 9.44. The topological polar surface area (TPSA) is 97.5 Å². The molecule has 2 aromatic carbocycles. The molecular weight excluding hydrogens is 367 g/mol. The van der Waals surface area contributed by atoms with Gasteiger partial charge in [-0.3, -0.25) is 0 Å². The van der Waals surface area contributed by atoms with Crippen LogP contribution in [0.4, 0.5) is 4.39 Å². The summed E-state index contributed by atoms with van der Waals surface area (Å²) in [6.45, 7) is 1.84. The molecule has 3 rings (SSSR count). The van der Waals surface area contributed by atoms with Gasteiger partial charge in [-0.25, -0.2) is 26.4 Å². The van der Waals surface area contributed by atoms with E-state index in [1.165, 1.54) is 35.5 Å². The third-order valence-electron chi connectivity index (χ3n) is 4.24. The number of hydrogen-bond acceptors (Lipinski definition) is 4. The van der Waals surface area contributed by atoms with Crippen LogP contribution in [0.25, 0.3) is 0 Å². The normalized spacial score (nSPS) is 15.8. The Balaban J connectivity index is 1.99. The number of sulfonamides is 2. The van der Waals surface area contributed by atoms with E-state index in [1.54, 1.807) is 6.07 Å². The van der Waals surface area contributed by atoms with Gasteiger partial charge >= 0.3 is 0 Å². The van der Waals surface area contributed by atoms with Crippen LogP contribution in [-0.4, -0.2) is 27.7 Å². The molecule has 25 heavy (non-hydrogen) atoms. The summed E-state index contributed by atoms with van der Waals surface area (Å²) in [5.41, 5.74) is 1.81. The lowest BCUT2D eigenvalue weighted by Gasteiger charge is -2.29. The van der Waals surface area contributed by atoms with Gasteiger partial charge < -0.3 is 0 Å². The van der Waals surface area contributed by atoms with Crippen molar-refractivity contribution in [1.29, 1.82) is 0 Å². The Bertz CT molecular complexity index is 1050. The van der Waals surface area contributed by atoms with E-state index in [0.29, 0.717) is 17.5 Å². The van der Waals surface area contributed by atoms with E-state index in [9.17, 15) is 21.2 Å². The summed E-state index contributed by atoms with van der Waals surface area (Å²) in [5, 5.41) is 5.14. The minimum absolute atomic E-state index is 0.0395. The van der Waals surface area contributed by atoms with E-state index >= 15 is 0 Å². The van der Waals surface area contributed by atoms with Crippen LogP contribution in [0.2, 0.25) is 0 Å². The fourth-order valence-corrected chi connectivity index (χ4v) is 5.12. The van der Waals surface area contributed by atoms with Crippen molar-refractivity contribution in [1.82, 2.24) is 4.31 Å². The summed E-state index contributed by atoms with van der Waals surface area (Å²) < 4.78 is 63.3. The number of fused-ring (bicyclic) bond motifs is 1. The van der Waals surface area contributed by atoms with Gasteiger partial charge in [-0.15, -0.1) is 0 Å². The molecule has 1 aliphatic rings. The van der Waals surface area contributed by atoms with Gasteiger partial charge in [0.05, 0.1) is 9.79 Å². The van der Waals surface area contributed by atoms with Crippen LogP contribution < -0.4 is 5.14 Å². The van der Waals surface area contributed by atoms with E-state index in [4.69, 9.17) is 5.14 Å². The average Bonchev–Trinajstić information content (AvgIpc) is 2.52. The van der Waals surface area contributed by atoms with Gasteiger partial charge in [0.25, 0.3) is 0 Å². The first-order valence-corrected chi connectivity index (χ1v) is 10.5. The molecule has 9 heteroatoms. The van der Waals surface area contributed by atoms with Crippen molar-refractivity contribution in [3.63, 3.8) is 0 Å². The monoisotopic (exact) mass is 384 g/mol. The number of halogens is 1. The number of nitrogens with two attached hydrogens (primary N) is 1. The Labute approximate surface area is 146 Å². The SMILES string of the molecule is Cc1cc(F)ccc1S(=O)(=O)N1CCc2ccc(S(N)(=O)=O)cc2C1. The fourth-order valence-electron chi connectivity index (χ4n) is 2.93. The Morgan fingerprint density at radius 1 is 1.04 bits per heavy atom. The van der Waals surface area contributed by atoms with E-state index < -0.39 is 25.9 Å². The third kappa shape index (κ3) is 3.45. The maximum atomic E-state index is 13.3. The maximum absolute atomic E-state index is 13.3. The molecule has 0 unspecified atom stereocenters. The number of aryl methyl sites for hydroxylation is 1. The molecule has 0 radical (unpaired) electrons.